The molecule has 1 unspecified atom stereocenters. The van der Waals surface area contributed by atoms with Crippen LogP contribution in [0, 0.1) is 17.8 Å². The Morgan fingerprint density at radius 3 is 2.48 bits per heavy atom. The fraction of sp³-hybridized carbons (Fsp3) is 0.469. The predicted molar refractivity (Wildman–Crippen MR) is 153 cm³/mol. The van der Waals surface area contributed by atoms with Gasteiger partial charge in [-0.1, -0.05) is 48.2 Å². The van der Waals surface area contributed by atoms with Crippen LogP contribution < -0.4 is 4.74 Å². The molecule has 8 heteroatoms. The van der Waals surface area contributed by atoms with Crippen LogP contribution in [-0.2, 0) is 25.5 Å². The maximum atomic E-state index is 11.7. The number of aromatic nitrogens is 1. The number of nitrogens with zero attached hydrogens (tertiary/aromatic N) is 2. The fourth-order valence-electron chi connectivity index (χ4n) is 4.76. The molecule has 214 valence electrons. The molecule has 5 rings (SSSR count). The van der Waals surface area contributed by atoms with Crippen molar-refractivity contribution in [3.05, 3.63) is 71.9 Å². The minimum atomic E-state index is -0.982. The van der Waals surface area contributed by atoms with Crippen molar-refractivity contribution in [1.82, 2.24) is 9.88 Å². The van der Waals surface area contributed by atoms with E-state index in [-0.39, 0.29) is 25.4 Å². The number of benzene rings is 1. The molecule has 0 spiro atoms. The van der Waals surface area contributed by atoms with Gasteiger partial charge in [-0.25, -0.2) is 4.98 Å². The lowest BCUT2D eigenvalue weighted by Crippen LogP contribution is -2.58. The highest BCUT2D eigenvalue weighted by Gasteiger charge is 2.44. The smallest absolute Gasteiger partial charge is 0.306 e. The quantitative estimate of drug-likeness (QED) is 0.206. The molecule has 1 N–H and O–H groups in total. The van der Waals surface area contributed by atoms with Gasteiger partial charge in [0, 0.05) is 36.9 Å². The first-order chi connectivity index (χ1) is 19.4. The van der Waals surface area contributed by atoms with Gasteiger partial charge in [0.15, 0.2) is 0 Å². The molecule has 3 fully saturated rings. The summed E-state index contributed by atoms with van der Waals surface area (Å²) < 4.78 is 15.4. The monoisotopic (exact) mass is 548 g/mol. The lowest BCUT2D eigenvalue weighted by molar-refractivity contribution is -0.149. The molecule has 4 heterocycles. The zero-order valence-corrected chi connectivity index (χ0v) is 23.6. The van der Waals surface area contributed by atoms with E-state index in [1.807, 2.05) is 43.3 Å². The number of allylic oxidation sites excluding steroid dienone is 1. The Hall–Kier alpha value is -3.67. The van der Waals surface area contributed by atoms with E-state index in [4.69, 9.17) is 14.5 Å². The van der Waals surface area contributed by atoms with Crippen LogP contribution in [0.1, 0.15) is 55.8 Å². The van der Waals surface area contributed by atoms with Gasteiger partial charge in [-0.2, -0.15) is 0 Å². The zero-order chi connectivity index (χ0) is 28.8. The minimum absolute atomic E-state index is 0.00546. The first-order valence-corrected chi connectivity index (χ1v) is 13.8. The van der Waals surface area contributed by atoms with E-state index in [2.05, 4.69) is 28.1 Å². The number of esters is 2. The summed E-state index contributed by atoms with van der Waals surface area (Å²) in [6.07, 6.45) is 4.79. The third kappa shape index (κ3) is 9.51. The summed E-state index contributed by atoms with van der Waals surface area (Å²) in [5.74, 6) is 6.22. The normalized spacial score (nSPS) is 20.7. The molecular formula is C32H40N2O6. The summed E-state index contributed by atoms with van der Waals surface area (Å²) in [7, 11) is 1.28. The van der Waals surface area contributed by atoms with Crippen LogP contribution in [0.4, 0.5) is 0 Å². The molecule has 0 saturated carbocycles. The molecule has 0 amide bonds. The van der Waals surface area contributed by atoms with Gasteiger partial charge in [-0.05, 0) is 44.5 Å². The van der Waals surface area contributed by atoms with Crippen LogP contribution in [0.25, 0.3) is 0 Å². The topological polar surface area (TPSA) is 98.2 Å². The Bertz CT molecular complexity index is 1180. The van der Waals surface area contributed by atoms with Gasteiger partial charge in [0.05, 0.1) is 38.9 Å². The molecule has 0 radical (unpaired) electrons. The van der Waals surface area contributed by atoms with E-state index < -0.39 is 17.5 Å². The van der Waals surface area contributed by atoms with E-state index in [1.54, 1.807) is 12.1 Å². The molecule has 0 aliphatic carbocycles. The number of ether oxygens (including phenoxy) is 3. The molecular weight excluding hydrogens is 508 g/mol. The second kappa shape index (κ2) is 15.8. The number of rotatable bonds is 10. The molecule has 2 bridgehead atoms. The van der Waals surface area contributed by atoms with Crippen LogP contribution in [0.15, 0.2) is 55.1 Å². The Balaban J connectivity index is 0.00000141. The first kappa shape index (κ1) is 30.9. The van der Waals surface area contributed by atoms with E-state index in [1.165, 1.54) is 7.11 Å². The number of carbonyl (C=O) groups is 2. The van der Waals surface area contributed by atoms with Crippen molar-refractivity contribution in [1.29, 1.82) is 0 Å². The van der Waals surface area contributed by atoms with Gasteiger partial charge in [-0.15, -0.1) is 6.58 Å². The molecule has 1 aromatic carbocycles. The number of methoxy groups -OCH3 is 1. The van der Waals surface area contributed by atoms with Crippen molar-refractivity contribution >= 4 is 11.9 Å². The van der Waals surface area contributed by atoms with E-state index in [9.17, 15) is 14.7 Å². The summed E-state index contributed by atoms with van der Waals surface area (Å²) in [5.41, 5.74) is 1.69. The maximum Gasteiger partial charge on any atom is 0.306 e. The van der Waals surface area contributed by atoms with Crippen LogP contribution in [0.3, 0.4) is 0 Å². The number of carbonyl (C=O) groups excluding carboxylic acids is 2. The number of pyridine rings is 1. The van der Waals surface area contributed by atoms with Crippen molar-refractivity contribution in [3.63, 3.8) is 0 Å². The summed E-state index contributed by atoms with van der Waals surface area (Å²) in [6, 6.07) is 13.7. The molecule has 2 aromatic rings. The molecule has 3 saturated heterocycles. The van der Waals surface area contributed by atoms with Crippen molar-refractivity contribution in [2.75, 3.05) is 40.0 Å². The van der Waals surface area contributed by atoms with E-state index in [0.717, 1.165) is 42.8 Å². The second-order valence-corrected chi connectivity index (χ2v) is 9.94. The highest BCUT2D eigenvalue weighted by molar-refractivity contribution is 5.77. The highest BCUT2D eigenvalue weighted by Crippen LogP contribution is 2.35. The Kier molecular flexibility index (Phi) is 12.2. The van der Waals surface area contributed by atoms with Gasteiger partial charge in [0.2, 0.25) is 5.88 Å². The second-order valence-electron chi connectivity index (χ2n) is 9.94. The van der Waals surface area contributed by atoms with Crippen molar-refractivity contribution in [2.24, 2.45) is 5.92 Å². The number of fused-ring (bicyclic) bond motifs is 3. The molecule has 8 nitrogen and oxygen atoms in total. The standard InChI is InChI=1S/C29H34N2O6.C3H6/c1-35-27(32)10-11-28(33)37-19-5-18-36-26-9-8-23(25(30-26)20-22-6-3-2-4-7-22)12-15-29(34)21-31-16-13-24(29)14-17-31;1-3-2/h2-4,6-9,24,34H,5,10-11,13-14,16-21H2,1H3;3H,1H2,2H3. The zero-order valence-electron chi connectivity index (χ0n) is 23.6. The van der Waals surface area contributed by atoms with Gasteiger partial charge < -0.3 is 19.3 Å². The molecule has 1 atom stereocenters. The molecule has 40 heavy (non-hydrogen) atoms. The largest absolute Gasteiger partial charge is 0.478 e. The van der Waals surface area contributed by atoms with Gasteiger partial charge in [-0.3, -0.25) is 14.5 Å². The third-order valence-electron chi connectivity index (χ3n) is 6.87. The number of hydrogen-bond donors (Lipinski definition) is 1. The van der Waals surface area contributed by atoms with Crippen molar-refractivity contribution in [2.45, 2.75) is 51.0 Å². The van der Waals surface area contributed by atoms with Crippen molar-refractivity contribution in [3.8, 4) is 17.7 Å². The SMILES string of the molecule is C=CC.COC(=O)CCC(=O)OCCCOc1ccc(C#CC2(O)CN3CCC2CC3)c(Cc2ccccc2)n1. The average Bonchev–Trinajstić information content (AvgIpc) is 2.96. The Morgan fingerprint density at radius 2 is 1.82 bits per heavy atom. The summed E-state index contributed by atoms with van der Waals surface area (Å²) in [6.45, 7) is 8.44. The molecule has 1 aromatic heterocycles. The van der Waals surface area contributed by atoms with E-state index in [0.29, 0.717) is 31.9 Å². The summed E-state index contributed by atoms with van der Waals surface area (Å²) >= 11 is 0. The average molecular weight is 549 g/mol. The van der Waals surface area contributed by atoms with Crippen LogP contribution >= 0.6 is 0 Å². The van der Waals surface area contributed by atoms with Gasteiger partial charge in [0.25, 0.3) is 0 Å². The predicted octanol–water partition coefficient (Wildman–Crippen LogP) is 3.94. The minimum Gasteiger partial charge on any atom is -0.478 e. The van der Waals surface area contributed by atoms with Crippen molar-refractivity contribution < 1.29 is 28.9 Å². The van der Waals surface area contributed by atoms with Gasteiger partial charge >= 0.3 is 11.9 Å². The maximum absolute atomic E-state index is 11.7. The third-order valence-corrected chi connectivity index (χ3v) is 6.87. The number of piperidine rings is 3. The highest BCUT2D eigenvalue weighted by atomic mass is 16.5. The summed E-state index contributed by atoms with van der Waals surface area (Å²) in [4.78, 5) is 29.8. The Labute approximate surface area is 237 Å². The first-order valence-electron chi connectivity index (χ1n) is 13.8. The number of hydrogen-bond acceptors (Lipinski definition) is 8. The molecule has 3 aliphatic rings. The van der Waals surface area contributed by atoms with Gasteiger partial charge in [0.1, 0.15) is 5.60 Å². The number of aliphatic hydroxyl groups is 1. The van der Waals surface area contributed by atoms with Crippen LogP contribution in [0.2, 0.25) is 0 Å². The molecule has 3 aliphatic heterocycles. The lowest BCUT2D eigenvalue weighted by atomic mass is 9.75. The fourth-order valence-corrected chi connectivity index (χ4v) is 4.76. The van der Waals surface area contributed by atoms with E-state index >= 15 is 0 Å². The van der Waals surface area contributed by atoms with Crippen LogP contribution in [-0.4, -0.2) is 72.5 Å². The summed E-state index contributed by atoms with van der Waals surface area (Å²) in [5, 5.41) is 11.2. The van der Waals surface area contributed by atoms with Crippen LogP contribution in [0.5, 0.6) is 5.88 Å². The Morgan fingerprint density at radius 1 is 1.12 bits per heavy atom. The lowest BCUT2D eigenvalue weighted by Gasteiger charge is -2.47.